The molecule has 0 radical (unpaired) electrons. The molecule has 0 fully saturated rings. The van der Waals surface area contributed by atoms with Crippen molar-refractivity contribution in [3.8, 4) is 0 Å². The van der Waals surface area contributed by atoms with E-state index in [0.29, 0.717) is 12.5 Å². The molecule has 106 valence electrons. The summed E-state index contributed by atoms with van der Waals surface area (Å²) in [5.74, 6) is 0.489. The normalized spacial score (nSPS) is 10.8. The molecule has 3 N–H and O–H groups in total. The third kappa shape index (κ3) is 7.20. The number of halogens is 1. The summed E-state index contributed by atoms with van der Waals surface area (Å²) in [4.78, 5) is 4.18. The van der Waals surface area contributed by atoms with Crippen LogP contribution in [0.15, 0.2) is 35.3 Å². The second kappa shape index (κ2) is 8.96. The summed E-state index contributed by atoms with van der Waals surface area (Å²) in [6.45, 7) is 11.4. The largest absolute Gasteiger partial charge is 0.370 e. The quantitative estimate of drug-likeness (QED) is 0.361. The van der Waals surface area contributed by atoms with Gasteiger partial charge in [-0.15, -0.1) is 24.0 Å². The summed E-state index contributed by atoms with van der Waals surface area (Å²) in [7, 11) is 0. The van der Waals surface area contributed by atoms with Gasteiger partial charge in [-0.3, -0.25) is 0 Å². The number of aliphatic imine (C=N–C) groups is 1. The van der Waals surface area contributed by atoms with Gasteiger partial charge in [0.25, 0.3) is 0 Å². The summed E-state index contributed by atoms with van der Waals surface area (Å²) in [5, 5.41) is 3.11. The average Bonchev–Trinajstić information content (AvgIpc) is 2.29. The van der Waals surface area contributed by atoms with Crippen molar-refractivity contribution in [2.75, 3.05) is 13.1 Å². The van der Waals surface area contributed by atoms with Crippen LogP contribution in [-0.2, 0) is 6.42 Å². The molecule has 1 aromatic rings. The zero-order valence-electron chi connectivity index (χ0n) is 12.0. The second-order valence-electron chi connectivity index (χ2n) is 4.77. The van der Waals surface area contributed by atoms with Crippen molar-refractivity contribution in [2.45, 2.75) is 27.2 Å². The Kier molecular flexibility index (Phi) is 8.47. The van der Waals surface area contributed by atoms with Crippen molar-refractivity contribution >= 4 is 29.9 Å². The van der Waals surface area contributed by atoms with Gasteiger partial charge < -0.3 is 11.1 Å². The molecule has 0 spiro atoms. The fraction of sp³-hybridized carbons (Fsp3) is 0.400. The maximum atomic E-state index is 5.75. The standard InChI is InChI=1S/C15H23N3.HI/c1-11(2)10-18-15(16)17-8-7-14-6-5-12(3)9-13(14)4;/h5-6,9H,1,7-8,10H2,2-4H3,(H3,16,17,18);1H. The first-order valence-corrected chi connectivity index (χ1v) is 6.23. The van der Waals surface area contributed by atoms with Crippen LogP contribution >= 0.6 is 24.0 Å². The molecule has 0 saturated carbocycles. The molecular formula is C15H24IN3. The second-order valence-corrected chi connectivity index (χ2v) is 4.77. The SMILES string of the molecule is C=C(C)CN=C(N)NCCc1ccc(C)cc1C.I. The Hall–Kier alpha value is -1.04. The van der Waals surface area contributed by atoms with Crippen molar-refractivity contribution < 1.29 is 0 Å². The first-order valence-electron chi connectivity index (χ1n) is 6.23. The Morgan fingerprint density at radius 3 is 2.63 bits per heavy atom. The average molecular weight is 373 g/mol. The van der Waals surface area contributed by atoms with E-state index in [0.717, 1.165) is 18.5 Å². The highest BCUT2D eigenvalue weighted by Gasteiger charge is 1.99. The molecule has 0 unspecified atom stereocenters. The minimum atomic E-state index is 0. The van der Waals surface area contributed by atoms with Crippen LogP contribution in [-0.4, -0.2) is 19.0 Å². The van der Waals surface area contributed by atoms with Crippen molar-refractivity contribution in [3.05, 3.63) is 47.0 Å². The van der Waals surface area contributed by atoms with E-state index in [1.165, 1.54) is 16.7 Å². The van der Waals surface area contributed by atoms with Gasteiger partial charge >= 0.3 is 0 Å². The Labute approximate surface area is 133 Å². The molecule has 0 amide bonds. The molecule has 0 heterocycles. The molecule has 0 aromatic heterocycles. The molecule has 19 heavy (non-hydrogen) atoms. The highest BCUT2D eigenvalue weighted by molar-refractivity contribution is 14.0. The molecule has 0 aliphatic rings. The summed E-state index contributed by atoms with van der Waals surface area (Å²) in [5.41, 5.74) is 10.7. The van der Waals surface area contributed by atoms with Crippen LogP contribution < -0.4 is 11.1 Å². The van der Waals surface area contributed by atoms with Crippen LogP contribution in [0.25, 0.3) is 0 Å². The highest BCUT2D eigenvalue weighted by Crippen LogP contribution is 2.10. The molecular weight excluding hydrogens is 349 g/mol. The molecule has 4 heteroatoms. The maximum absolute atomic E-state index is 5.75. The lowest BCUT2D eigenvalue weighted by Gasteiger charge is -2.08. The van der Waals surface area contributed by atoms with Crippen LogP contribution in [0.5, 0.6) is 0 Å². The van der Waals surface area contributed by atoms with Crippen LogP contribution in [0.2, 0.25) is 0 Å². The van der Waals surface area contributed by atoms with Gasteiger partial charge in [0.1, 0.15) is 0 Å². The first kappa shape index (κ1) is 18.0. The van der Waals surface area contributed by atoms with E-state index < -0.39 is 0 Å². The minimum Gasteiger partial charge on any atom is -0.370 e. The van der Waals surface area contributed by atoms with Crippen LogP contribution in [0.4, 0.5) is 0 Å². The van der Waals surface area contributed by atoms with Crippen molar-refractivity contribution in [2.24, 2.45) is 10.7 Å². The number of hydrogen-bond donors (Lipinski definition) is 2. The number of rotatable bonds is 5. The number of nitrogens with one attached hydrogen (secondary N) is 1. The first-order chi connectivity index (χ1) is 8.49. The molecule has 0 bridgehead atoms. The molecule has 1 rings (SSSR count). The fourth-order valence-electron chi connectivity index (χ4n) is 1.73. The Bertz CT molecular complexity index is 453. The number of benzene rings is 1. The van der Waals surface area contributed by atoms with E-state index in [-0.39, 0.29) is 24.0 Å². The van der Waals surface area contributed by atoms with E-state index in [4.69, 9.17) is 5.73 Å². The fourth-order valence-corrected chi connectivity index (χ4v) is 1.73. The number of nitrogens with two attached hydrogens (primary N) is 1. The zero-order valence-corrected chi connectivity index (χ0v) is 14.3. The van der Waals surface area contributed by atoms with Gasteiger partial charge in [-0.2, -0.15) is 0 Å². The lowest BCUT2D eigenvalue weighted by Crippen LogP contribution is -2.33. The van der Waals surface area contributed by atoms with E-state index in [9.17, 15) is 0 Å². The minimum absolute atomic E-state index is 0. The predicted molar refractivity (Wildman–Crippen MR) is 94.3 cm³/mol. The van der Waals surface area contributed by atoms with Gasteiger partial charge in [0.2, 0.25) is 0 Å². The van der Waals surface area contributed by atoms with Crippen molar-refractivity contribution in [1.82, 2.24) is 5.32 Å². The van der Waals surface area contributed by atoms with Crippen LogP contribution in [0.1, 0.15) is 23.6 Å². The van der Waals surface area contributed by atoms with Crippen molar-refractivity contribution in [1.29, 1.82) is 0 Å². The van der Waals surface area contributed by atoms with Gasteiger partial charge in [0.15, 0.2) is 5.96 Å². The van der Waals surface area contributed by atoms with Gasteiger partial charge in [0.05, 0.1) is 6.54 Å². The third-order valence-corrected chi connectivity index (χ3v) is 2.72. The van der Waals surface area contributed by atoms with E-state index in [1.54, 1.807) is 0 Å². The summed E-state index contributed by atoms with van der Waals surface area (Å²) in [6.07, 6.45) is 0.954. The highest BCUT2D eigenvalue weighted by atomic mass is 127. The van der Waals surface area contributed by atoms with Gasteiger partial charge in [-0.1, -0.05) is 35.9 Å². The van der Waals surface area contributed by atoms with E-state index in [1.807, 2.05) is 6.92 Å². The molecule has 0 aliphatic heterocycles. The smallest absolute Gasteiger partial charge is 0.188 e. The molecule has 3 nitrogen and oxygen atoms in total. The maximum Gasteiger partial charge on any atom is 0.188 e. The number of hydrogen-bond acceptors (Lipinski definition) is 1. The van der Waals surface area contributed by atoms with Gasteiger partial charge in [-0.25, -0.2) is 4.99 Å². The van der Waals surface area contributed by atoms with Crippen molar-refractivity contribution in [3.63, 3.8) is 0 Å². The predicted octanol–water partition coefficient (Wildman–Crippen LogP) is 2.94. The molecule has 0 aliphatic carbocycles. The molecule has 0 saturated heterocycles. The number of guanidine groups is 1. The lowest BCUT2D eigenvalue weighted by atomic mass is 10.0. The Morgan fingerprint density at radius 1 is 1.37 bits per heavy atom. The van der Waals surface area contributed by atoms with Crippen LogP contribution in [0, 0.1) is 13.8 Å². The van der Waals surface area contributed by atoms with Crippen LogP contribution in [0.3, 0.4) is 0 Å². The lowest BCUT2D eigenvalue weighted by molar-refractivity contribution is 0.847. The number of nitrogens with zero attached hydrogens (tertiary/aromatic N) is 1. The summed E-state index contributed by atoms with van der Waals surface area (Å²) in [6, 6.07) is 6.52. The van der Waals surface area contributed by atoms with E-state index >= 15 is 0 Å². The number of aryl methyl sites for hydroxylation is 2. The summed E-state index contributed by atoms with van der Waals surface area (Å²) >= 11 is 0. The molecule has 1 aromatic carbocycles. The third-order valence-electron chi connectivity index (χ3n) is 2.72. The zero-order chi connectivity index (χ0) is 13.5. The topological polar surface area (TPSA) is 50.4 Å². The Balaban J connectivity index is 0.00000324. The van der Waals surface area contributed by atoms with E-state index in [2.05, 4.69) is 48.9 Å². The monoisotopic (exact) mass is 373 g/mol. The Morgan fingerprint density at radius 2 is 2.05 bits per heavy atom. The molecule has 0 atom stereocenters. The summed E-state index contributed by atoms with van der Waals surface area (Å²) < 4.78 is 0. The van der Waals surface area contributed by atoms with Gasteiger partial charge in [-0.05, 0) is 38.3 Å². The van der Waals surface area contributed by atoms with Gasteiger partial charge in [0, 0.05) is 6.54 Å².